The van der Waals surface area contributed by atoms with Crippen molar-refractivity contribution in [1.82, 2.24) is 4.90 Å². The minimum absolute atomic E-state index is 0.0526. The second-order valence-corrected chi connectivity index (χ2v) is 15.3. The summed E-state index contributed by atoms with van der Waals surface area (Å²) < 4.78 is 51.6. The molecule has 53 heavy (non-hydrogen) atoms. The third-order valence-electron chi connectivity index (χ3n) is 8.69. The number of nitrogens with zero attached hydrogens (tertiary/aromatic N) is 2. The molecule has 2 aromatic rings. The first-order valence-corrected chi connectivity index (χ1v) is 19.8. The van der Waals surface area contributed by atoms with Gasteiger partial charge in [0.15, 0.2) is 0 Å². The smallest absolute Gasteiger partial charge is 0.480 e. The third kappa shape index (κ3) is 15.4. The Kier molecular flexibility index (Phi) is 18.1. The maximum atomic E-state index is 14.6. The van der Waals surface area contributed by atoms with E-state index in [9.17, 15) is 24.1 Å². The third-order valence-corrected chi connectivity index (χ3v) is 10.1. The van der Waals surface area contributed by atoms with Crippen LogP contribution in [0.4, 0.5) is 9.59 Å². The SMILES string of the molecule is CC(C)C(OC(=O)OCCCc1ccccc1)OP(=O)(N=C(N)N(C)C(C(=O)O)C1CCCCC1)OC(OC(=O)OCCCc1ccccc1)C(C)C. The van der Waals surface area contributed by atoms with Gasteiger partial charge in [-0.25, -0.2) is 28.0 Å². The number of hydrogen-bond donors (Lipinski definition) is 2. The molecule has 1 fully saturated rings. The summed E-state index contributed by atoms with van der Waals surface area (Å²) in [6.07, 6.45) is 1.32. The Bertz CT molecular complexity index is 1410. The molecule has 3 rings (SSSR count). The van der Waals surface area contributed by atoms with Gasteiger partial charge in [0.05, 0.1) is 13.2 Å². The highest BCUT2D eigenvalue weighted by Gasteiger charge is 2.41. The fourth-order valence-electron chi connectivity index (χ4n) is 5.78. The number of ether oxygens (including phenoxy) is 4. The van der Waals surface area contributed by atoms with Crippen molar-refractivity contribution in [3.63, 3.8) is 0 Å². The minimum atomic E-state index is -4.85. The van der Waals surface area contributed by atoms with Crippen LogP contribution in [-0.2, 0) is 50.2 Å². The van der Waals surface area contributed by atoms with Crippen LogP contribution in [0, 0.1) is 17.8 Å². The Morgan fingerprint density at radius 2 is 1.23 bits per heavy atom. The number of benzene rings is 2. The molecule has 0 saturated heterocycles. The number of carbonyl (C=O) groups is 3. The summed E-state index contributed by atoms with van der Waals surface area (Å²) in [5, 5.41) is 10.2. The van der Waals surface area contributed by atoms with Crippen LogP contribution in [-0.4, -0.2) is 73.1 Å². The first kappa shape index (κ1) is 43.3. The van der Waals surface area contributed by atoms with Crippen molar-refractivity contribution in [1.29, 1.82) is 0 Å². The molecule has 1 saturated carbocycles. The Morgan fingerprint density at radius 1 is 0.792 bits per heavy atom. The molecule has 0 aliphatic heterocycles. The van der Waals surface area contributed by atoms with Crippen molar-refractivity contribution in [2.24, 2.45) is 28.3 Å². The predicted molar refractivity (Wildman–Crippen MR) is 199 cm³/mol. The van der Waals surface area contributed by atoms with E-state index in [0.717, 1.165) is 30.4 Å². The topological polar surface area (TPSA) is 186 Å². The number of rotatable bonds is 20. The highest BCUT2D eigenvalue weighted by molar-refractivity contribution is 7.52. The Balaban J connectivity index is 1.77. The number of nitrogens with two attached hydrogens (primary N) is 1. The van der Waals surface area contributed by atoms with Gasteiger partial charge in [0.2, 0.25) is 18.5 Å². The summed E-state index contributed by atoms with van der Waals surface area (Å²) in [5.74, 6) is -3.00. The molecule has 3 N–H and O–H groups in total. The average molecular weight is 762 g/mol. The molecule has 0 spiro atoms. The predicted octanol–water partition coefficient (Wildman–Crippen LogP) is 7.94. The van der Waals surface area contributed by atoms with Crippen molar-refractivity contribution in [3.05, 3.63) is 71.8 Å². The molecule has 14 nitrogen and oxygen atoms in total. The van der Waals surface area contributed by atoms with Crippen molar-refractivity contribution in [3.8, 4) is 0 Å². The number of aryl methyl sites for hydroxylation is 2. The lowest BCUT2D eigenvalue weighted by atomic mass is 9.83. The van der Waals surface area contributed by atoms with E-state index in [-0.39, 0.29) is 19.1 Å². The Labute approximate surface area is 312 Å². The second kappa shape index (κ2) is 22.2. The normalized spacial score (nSPS) is 16.6. The minimum Gasteiger partial charge on any atom is -0.480 e. The van der Waals surface area contributed by atoms with Gasteiger partial charge >= 0.3 is 26.0 Å². The number of carboxylic acid groups (broad SMARTS) is 1. The standard InChI is InChI=1S/C38H56N3O11P/c1-27(2)34(49-37(44)47-25-15-21-29-17-9-6-10-18-29)51-53(46,40-36(39)41(5)32(33(42)43)31-23-13-8-14-24-31)52-35(28(3)4)50-38(45)48-26-16-22-30-19-11-7-12-20-30/h6-7,9-12,17-20,27-28,31-32,34-35H,8,13-16,21-26H2,1-5H3,(H,42,43)(H2,39,40,46). The zero-order valence-corrected chi connectivity index (χ0v) is 32.4. The van der Waals surface area contributed by atoms with Gasteiger partial charge in [-0.3, -0.25) is 0 Å². The van der Waals surface area contributed by atoms with Gasteiger partial charge in [-0.05, 0) is 55.6 Å². The molecular formula is C38H56N3O11P. The van der Waals surface area contributed by atoms with E-state index in [4.69, 9.17) is 33.7 Å². The molecule has 3 unspecified atom stereocenters. The molecule has 0 amide bonds. The summed E-state index contributed by atoms with van der Waals surface area (Å²) in [6, 6.07) is 18.3. The van der Waals surface area contributed by atoms with Crippen LogP contribution in [0.1, 0.15) is 83.8 Å². The summed E-state index contributed by atoms with van der Waals surface area (Å²) in [4.78, 5) is 39.1. The van der Waals surface area contributed by atoms with Gasteiger partial charge in [0, 0.05) is 18.9 Å². The lowest BCUT2D eigenvalue weighted by Crippen LogP contribution is -2.50. The number of hydrogen-bond acceptors (Lipinski definition) is 10. The van der Waals surface area contributed by atoms with Gasteiger partial charge in [0.25, 0.3) is 0 Å². The zero-order chi connectivity index (χ0) is 38.8. The van der Waals surface area contributed by atoms with Gasteiger partial charge in [-0.1, -0.05) is 108 Å². The number of carbonyl (C=O) groups excluding carboxylic acids is 2. The van der Waals surface area contributed by atoms with Gasteiger partial charge in [-0.2, -0.15) is 0 Å². The molecule has 1 aliphatic rings. The van der Waals surface area contributed by atoms with E-state index in [2.05, 4.69) is 4.76 Å². The molecule has 0 heterocycles. The number of guanidine groups is 1. The van der Waals surface area contributed by atoms with Crippen molar-refractivity contribution in [2.45, 2.75) is 104 Å². The van der Waals surface area contributed by atoms with Crippen LogP contribution in [0.25, 0.3) is 0 Å². The second-order valence-electron chi connectivity index (χ2n) is 13.8. The molecule has 15 heteroatoms. The molecular weight excluding hydrogens is 705 g/mol. The van der Waals surface area contributed by atoms with Crippen LogP contribution in [0.5, 0.6) is 0 Å². The quantitative estimate of drug-likeness (QED) is 0.0331. The number of likely N-dealkylation sites (N-methyl/N-ethyl adjacent to an activating group) is 1. The fraction of sp³-hybridized carbons (Fsp3) is 0.579. The van der Waals surface area contributed by atoms with Gasteiger partial charge < -0.3 is 34.7 Å². The van der Waals surface area contributed by atoms with Crippen molar-refractivity contribution in [2.75, 3.05) is 20.3 Å². The molecule has 0 radical (unpaired) electrons. The van der Waals surface area contributed by atoms with Crippen LogP contribution in [0.15, 0.2) is 65.4 Å². The highest BCUT2D eigenvalue weighted by atomic mass is 31.2. The lowest BCUT2D eigenvalue weighted by Gasteiger charge is -2.35. The van der Waals surface area contributed by atoms with Gasteiger partial charge in [-0.15, -0.1) is 4.76 Å². The van der Waals surface area contributed by atoms with Crippen LogP contribution in [0.3, 0.4) is 0 Å². The molecule has 294 valence electrons. The number of aliphatic carboxylic acids is 1. The van der Waals surface area contributed by atoms with Crippen LogP contribution in [0.2, 0.25) is 0 Å². The fourth-order valence-corrected chi connectivity index (χ4v) is 7.41. The molecule has 0 bridgehead atoms. The largest absolute Gasteiger partial charge is 0.510 e. The Hall–Kier alpha value is -4.13. The van der Waals surface area contributed by atoms with Gasteiger partial charge in [0.1, 0.15) is 6.04 Å². The van der Waals surface area contributed by atoms with Crippen LogP contribution >= 0.6 is 7.75 Å². The van der Waals surface area contributed by atoms with Crippen molar-refractivity contribution < 1.29 is 52.1 Å². The summed E-state index contributed by atoms with van der Waals surface area (Å²) >= 11 is 0. The maximum Gasteiger partial charge on any atom is 0.510 e. The summed E-state index contributed by atoms with van der Waals surface area (Å²) in [5.41, 5.74) is 8.49. The summed E-state index contributed by atoms with van der Waals surface area (Å²) in [7, 11) is -3.42. The van der Waals surface area contributed by atoms with Crippen LogP contribution < -0.4 is 5.73 Å². The zero-order valence-electron chi connectivity index (χ0n) is 31.5. The highest BCUT2D eigenvalue weighted by Crippen LogP contribution is 2.54. The van der Waals surface area contributed by atoms with E-state index in [0.29, 0.717) is 38.5 Å². The molecule has 3 atom stereocenters. The Morgan fingerprint density at radius 3 is 1.62 bits per heavy atom. The monoisotopic (exact) mass is 761 g/mol. The van der Waals surface area contributed by atoms with E-state index in [1.54, 1.807) is 27.7 Å². The average Bonchev–Trinajstić information content (AvgIpc) is 3.12. The molecule has 0 aromatic heterocycles. The lowest BCUT2D eigenvalue weighted by molar-refractivity contribution is -0.144. The first-order chi connectivity index (χ1) is 25.3. The molecule has 1 aliphatic carbocycles. The van der Waals surface area contributed by atoms with E-state index < -0.39 is 62.4 Å². The van der Waals surface area contributed by atoms with E-state index in [1.807, 2.05) is 60.7 Å². The van der Waals surface area contributed by atoms with E-state index in [1.165, 1.54) is 11.9 Å². The number of carboxylic acids is 1. The maximum absolute atomic E-state index is 14.6. The summed E-state index contributed by atoms with van der Waals surface area (Å²) in [6.45, 7) is 6.68. The van der Waals surface area contributed by atoms with Crippen molar-refractivity contribution >= 4 is 32.0 Å². The molecule has 2 aromatic carbocycles. The first-order valence-electron chi connectivity index (χ1n) is 18.3. The van der Waals surface area contributed by atoms with E-state index >= 15 is 0 Å².